The molecule has 23 heavy (non-hydrogen) atoms. The van der Waals surface area contributed by atoms with Crippen LogP contribution in [0.2, 0.25) is 5.02 Å². The highest BCUT2D eigenvalue weighted by atomic mass is 79.9. The lowest BCUT2D eigenvalue weighted by Gasteiger charge is -2.13. The third-order valence-corrected chi connectivity index (χ3v) is 3.71. The molecule has 2 rings (SSSR count). The SMILES string of the molecule is CCOC(=O)c1c(C)nc(N)nc1COc1ccc(Br)cc1Cl. The van der Waals surface area contributed by atoms with Crippen LogP contribution in [0.1, 0.15) is 28.7 Å². The molecule has 0 atom stereocenters. The van der Waals surface area contributed by atoms with Gasteiger partial charge in [-0.3, -0.25) is 0 Å². The number of halogens is 2. The molecule has 2 aromatic rings. The number of carbonyl (C=O) groups excluding carboxylic acids is 1. The summed E-state index contributed by atoms with van der Waals surface area (Å²) in [5, 5.41) is 0.441. The predicted molar refractivity (Wildman–Crippen MR) is 90.6 cm³/mol. The van der Waals surface area contributed by atoms with Crippen LogP contribution in [0.4, 0.5) is 5.95 Å². The number of hydrogen-bond acceptors (Lipinski definition) is 6. The van der Waals surface area contributed by atoms with Crippen LogP contribution >= 0.6 is 27.5 Å². The first-order valence-corrected chi connectivity index (χ1v) is 7.97. The van der Waals surface area contributed by atoms with Crippen LogP contribution in [0.15, 0.2) is 22.7 Å². The highest BCUT2D eigenvalue weighted by Crippen LogP contribution is 2.28. The molecule has 0 aliphatic heterocycles. The van der Waals surface area contributed by atoms with Gasteiger partial charge in [-0.25, -0.2) is 14.8 Å². The molecule has 0 fully saturated rings. The van der Waals surface area contributed by atoms with Crippen molar-refractivity contribution in [1.82, 2.24) is 9.97 Å². The minimum Gasteiger partial charge on any atom is -0.486 e. The van der Waals surface area contributed by atoms with Gasteiger partial charge in [0.25, 0.3) is 0 Å². The Bertz CT molecular complexity index is 740. The standard InChI is InChI=1S/C15H15BrClN3O3/c1-3-22-14(21)13-8(2)19-15(18)20-11(13)7-23-12-5-4-9(16)6-10(12)17/h4-6H,3,7H2,1-2H3,(H2,18,19,20). The molecule has 1 aromatic carbocycles. The average molecular weight is 401 g/mol. The smallest absolute Gasteiger partial charge is 0.341 e. The summed E-state index contributed by atoms with van der Waals surface area (Å²) in [4.78, 5) is 20.2. The molecular formula is C15H15BrClN3O3. The molecule has 0 radical (unpaired) electrons. The molecule has 8 heteroatoms. The molecule has 1 heterocycles. The number of benzene rings is 1. The number of aryl methyl sites for hydroxylation is 1. The normalized spacial score (nSPS) is 10.4. The molecular weight excluding hydrogens is 386 g/mol. The molecule has 122 valence electrons. The topological polar surface area (TPSA) is 87.3 Å². The van der Waals surface area contributed by atoms with E-state index in [4.69, 9.17) is 26.8 Å². The van der Waals surface area contributed by atoms with E-state index in [1.165, 1.54) is 0 Å². The summed E-state index contributed by atoms with van der Waals surface area (Å²) in [7, 11) is 0. The van der Waals surface area contributed by atoms with E-state index < -0.39 is 5.97 Å². The van der Waals surface area contributed by atoms with Crippen molar-refractivity contribution >= 4 is 39.4 Å². The Labute approximate surface area is 147 Å². The van der Waals surface area contributed by atoms with Crippen molar-refractivity contribution in [2.45, 2.75) is 20.5 Å². The summed E-state index contributed by atoms with van der Waals surface area (Å²) in [5.74, 6) is 0.0288. The molecule has 2 N–H and O–H groups in total. The first-order valence-electron chi connectivity index (χ1n) is 6.80. The molecule has 0 bridgehead atoms. The third-order valence-electron chi connectivity index (χ3n) is 2.92. The van der Waals surface area contributed by atoms with E-state index in [1.807, 2.05) is 0 Å². The maximum atomic E-state index is 12.1. The van der Waals surface area contributed by atoms with Gasteiger partial charge >= 0.3 is 5.97 Å². The van der Waals surface area contributed by atoms with Crippen molar-refractivity contribution in [2.24, 2.45) is 0 Å². The second-order valence-corrected chi connectivity index (χ2v) is 5.90. The zero-order chi connectivity index (χ0) is 17.0. The number of nitrogens with two attached hydrogens (primary N) is 1. The second-order valence-electron chi connectivity index (χ2n) is 4.57. The van der Waals surface area contributed by atoms with Gasteiger partial charge in [0, 0.05) is 4.47 Å². The van der Waals surface area contributed by atoms with Crippen LogP contribution < -0.4 is 10.5 Å². The first kappa shape index (κ1) is 17.5. The van der Waals surface area contributed by atoms with Crippen LogP contribution in [0.3, 0.4) is 0 Å². The number of carbonyl (C=O) groups is 1. The number of hydrogen-bond donors (Lipinski definition) is 1. The predicted octanol–water partition coefficient (Wildman–Crippen LogP) is 3.54. The lowest BCUT2D eigenvalue weighted by molar-refractivity contribution is 0.0521. The summed E-state index contributed by atoms with van der Waals surface area (Å²) in [5.41, 5.74) is 6.71. The van der Waals surface area contributed by atoms with Gasteiger partial charge in [0.2, 0.25) is 5.95 Å². The van der Waals surface area contributed by atoms with Crippen molar-refractivity contribution in [1.29, 1.82) is 0 Å². The molecule has 1 aromatic heterocycles. The number of rotatable bonds is 5. The Morgan fingerprint density at radius 2 is 2.13 bits per heavy atom. The number of anilines is 1. The highest BCUT2D eigenvalue weighted by Gasteiger charge is 2.20. The molecule has 0 amide bonds. The van der Waals surface area contributed by atoms with E-state index >= 15 is 0 Å². The largest absolute Gasteiger partial charge is 0.486 e. The Hall–Kier alpha value is -1.86. The Morgan fingerprint density at radius 3 is 2.78 bits per heavy atom. The number of nitrogens with zero attached hydrogens (tertiary/aromatic N) is 2. The van der Waals surface area contributed by atoms with Gasteiger partial charge in [-0.15, -0.1) is 0 Å². The Morgan fingerprint density at radius 1 is 1.39 bits per heavy atom. The fourth-order valence-corrected chi connectivity index (χ4v) is 2.70. The van der Waals surface area contributed by atoms with E-state index in [-0.39, 0.29) is 24.7 Å². The fraction of sp³-hybridized carbons (Fsp3) is 0.267. The molecule has 0 saturated heterocycles. The zero-order valence-corrected chi connectivity index (χ0v) is 14.9. The molecule has 0 aliphatic rings. The highest BCUT2D eigenvalue weighted by molar-refractivity contribution is 9.10. The van der Waals surface area contributed by atoms with Gasteiger partial charge in [0.05, 0.1) is 23.0 Å². The second kappa shape index (κ2) is 7.61. The van der Waals surface area contributed by atoms with Gasteiger partial charge in [-0.2, -0.15) is 0 Å². The van der Waals surface area contributed by atoms with Crippen molar-refractivity contribution in [3.8, 4) is 5.75 Å². The van der Waals surface area contributed by atoms with Gasteiger partial charge in [-0.1, -0.05) is 27.5 Å². The first-order chi connectivity index (χ1) is 10.9. The summed E-state index contributed by atoms with van der Waals surface area (Å²) in [6.07, 6.45) is 0. The van der Waals surface area contributed by atoms with E-state index in [0.717, 1.165) is 4.47 Å². The zero-order valence-electron chi connectivity index (χ0n) is 12.6. The Kier molecular flexibility index (Phi) is 5.79. The number of esters is 1. The van der Waals surface area contributed by atoms with Gasteiger partial charge in [0.15, 0.2) is 0 Å². The minimum atomic E-state index is -0.509. The third kappa shape index (κ3) is 4.33. The summed E-state index contributed by atoms with van der Waals surface area (Å²) in [6.45, 7) is 3.66. The van der Waals surface area contributed by atoms with Crippen molar-refractivity contribution in [3.63, 3.8) is 0 Å². The van der Waals surface area contributed by atoms with Gasteiger partial charge in [-0.05, 0) is 32.0 Å². The summed E-state index contributed by atoms with van der Waals surface area (Å²) in [6, 6.07) is 5.23. The molecule has 6 nitrogen and oxygen atoms in total. The van der Waals surface area contributed by atoms with E-state index in [0.29, 0.717) is 22.2 Å². The maximum Gasteiger partial charge on any atom is 0.341 e. The molecule has 0 aliphatic carbocycles. The average Bonchev–Trinajstić information content (AvgIpc) is 2.45. The van der Waals surface area contributed by atoms with Crippen molar-refractivity contribution in [3.05, 3.63) is 44.6 Å². The van der Waals surface area contributed by atoms with E-state index in [9.17, 15) is 4.79 Å². The maximum absolute atomic E-state index is 12.1. The van der Waals surface area contributed by atoms with E-state index in [2.05, 4.69) is 25.9 Å². The number of nitrogen functional groups attached to an aromatic ring is 1. The van der Waals surface area contributed by atoms with E-state index in [1.54, 1.807) is 32.0 Å². The van der Waals surface area contributed by atoms with Crippen LogP contribution in [0.5, 0.6) is 5.75 Å². The Balaban J connectivity index is 2.29. The van der Waals surface area contributed by atoms with Crippen molar-refractivity contribution < 1.29 is 14.3 Å². The summed E-state index contributed by atoms with van der Waals surface area (Å²) >= 11 is 9.43. The number of ether oxygens (including phenoxy) is 2. The molecule has 0 saturated carbocycles. The van der Waals surface area contributed by atoms with Crippen LogP contribution in [0, 0.1) is 6.92 Å². The minimum absolute atomic E-state index is 0.0169. The lowest BCUT2D eigenvalue weighted by atomic mass is 10.1. The fourth-order valence-electron chi connectivity index (χ4n) is 1.97. The summed E-state index contributed by atoms with van der Waals surface area (Å²) < 4.78 is 11.5. The van der Waals surface area contributed by atoms with Gasteiger partial charge in [0.1, 0.15) is 17.9 Å². The van der Waals surface area contributed by atoms with Crippen molar-refractivity contribution in [2.75, 3.05) is 12.3 Å². The number of aromatic nitrogens is 2. The quantitative estimate of drug-likeness (QED) is 0.772. The molecule has 0 spiro atoms. The molecule has 0 unspecified atom stereocenters. The lowest BCUT2D eigenvalue weighted by Crippen LogP contribution is -2.16. The van der Waals surface area contributed by atoms with Crippen LogP contribution in [-0.2, 0) is 11.3 Å². The van der Waals surface area contributed by atoms with Crippen LogP contribution in [0.25, 0.3) is 0 Å². The van der Waals surface area contributed by atoms with Gasteiger partial charge < -0.3 is 15.2 Å². The monoisotopic (exact) mass is 399 g/mol. The van der Waals surface area contributed by atoms with Crippen LogP contribution in [-0.4, -0.2) is 22.5 Å².